The summed E-state index contributed by atoms with van der Waals surface area (Å²) < 4.78 is 0. The molecule has 1 atom stereocenters. The van der Waals surface area contributed by atoms with E-state index in [4.69, 9.17) is 0 Å². The van der Waals surface area contributed by atoms with Crippen LogP contribution in [-0.4, -0.2) is 6.01 Å². The van der Waals surface area contributed by atoms with Crippen LogP contribution < -0.4 is 0 Å². The van der Waals surface area contributed by atoms with E-state index in [1.54, 1.807) is 0 Å². The van der Waals surface area contributed by atoms with E-state index in [0.29, 0.717) is 0 Å². The molecule has 3 heteroatoms. The van der Waals surface area contributed by atoms with Gasteiger partial charge in [-0.2, -0.15) is 4.99 Å². The largest absolute Gasteiger partial charge is 0.212 e. The summed E-state index contributed by atoms with van der Waals surface area (Å²) in [6.45, 7) is 4.36. The van der Waals surface area contributed by atoms with E-state index in [9.17, 15) is 0 Å². The lowest BCUT2D eigenvalue weighted by atomic mass is 9.87. The van der Waals surface area contributed by atoms with Crippen LogP contribution in [0.5, 0.6) is 0 Å². The van der Waals surface area contributed by atoms with Crippen LogP contribution in [0.3, 0.4) is 0 Å². The molecule has 0 amide bonds. The molecule has 0 spiro atoms. The molecular weight excluding hydrogens is 228 g/mol. The maximum atomic E-state index is 4.49. The normalized spacial score (nSPS) is 23.1. The van der Waals surface area contributed by atoms with Crippen LogP contribution in [0.25, 0.3) is 0 Å². The minimum atomic E-state index is 0.202. The average molecular weight is 244 g/mol. The second-order valence-electron chi connectivity index (χ2n) is 4.79. The van der Waals surface area contributed by atoms with Gasteiger partial charge >= 0.3 is 0 Å². The lowest BCUT2D eigenvalue weighted by Crippen LogP contribution is -2.09. The SMILES string of the molecule is Cc1cc(C2N=C=NC3=C2CCCC3)c(C)s1. The number of hydrogen-bond donors (Lipinski definition) is 0. The highest BCUT2D eigenvalue weighted by Crippen LogP contribution is 2.41. The third-order valence-corrected chi connectivity index (χ3v) is 4.54. The van der Waals surface area contributed by atoms with Gasteiger partial charge in [-0.25, -0.2) is 4.99 Å². The van der Waals surface area contributed by atoms with Gasteiger partial charge in [0.25, 0.3) is 0 Å². The van der Waals surface area contributed by atoms with Crippen molar-refractivity contribution in [1.82, 2.24) is 0 Å². The van der Waals surface area contributed by atoms with E-state index >= 15 is 0 Å². The smallest absolute Gasteiger partial charge is 0.110 e. The molecule has 17 heavy (non-hydrogen) atoms. The molecule has 1 aliphatic heterocycles. The molecule has 1 aliphatic carbocycles. The standard InChI is InChI=1S/C14H16N2S/c1-9-7-12(10(2)17-9)14-11-5-3-4-6-13(11)15-8-16-14/h7,14H,3-6H2,1-2H3. The van der Waals surface area contributed by atoms with Crippen LogP contribution in [0.2, 0.25) is 0 Å². The Balaban J connectivity index is 2.06. The minimum Gasteiger partial charge on any atom is -0.212 e. The first kappa shape index (κ1) is 10.9. The summed E-state index contributed by atoms with van der Waals surface area (Å²) in [6, 6.07) is 5.35. The summed E-state index contributed by atoms with van der Waals surface area (Å²) in [6.07, 6.45) is 4.81. The van der Waals surface area contributed by atoms with Gasteiger partial charge in [0.2, 0.25) is 0 Å². The van der Waals surface area contributed by atoms with Crippen molar-refractivity contribution in [3.05, 3.63) is 32.7 Å². The number of aryl methyl sites for hydroxylation is 2. The summed E-state index contributed by atoms with van der Waals surface area (Å²) in [7, 11) is 0. The van der Waals surface area contributed by atoms with Gasteiger partial charge in [0.15, 0.2) is 0 Å². The van der Waals surface area contributed by atoms with Crippen LogP contribution >= 0.6 is 11.3 Å². The van der Waals surface area contributed by atoms with Gasteiger partial charge in [-0.1, -0.05) is 0 Å². The molecule has 1 aromatic heterocycles. The first-order valence-electron chi connectivity index (χ1n) is 6.20. The zero-order chi connectivity index (χ0) is 11.8. The van der Waals surface area contributed by atoms with Crippen molar-refractivity contribution >= 4 is 17.3 Å². The van der Waals surface area contributed by atoms with Crippen molar-refractivity contribution in [3.8, 4) is 0 Å². The number of allylic oxidation sites excluding steroid dienone is 1. The van der Waals surface area contributed by atoms with Crippen molar-refractivity contribution in [2.45, 2.75) is 45.6 Å². The number of rotatable bonds is 1. The molecule has 0 radical (unpaired) electrons. The fourth-order valence-electron chi connectivity index (χ4n) is 2.74. The molecule has 2 aliphatic rings. The van der Waals surface area contributed by atoms with Crippen LogP contribution in [0.1, 0.15) is 47.0 Å². The molecule has 1 unspecified atom stereocenters. The fraction of sp³-hybridized carbons (Fsp3) is 0.500. The van der Waals surface area contributed by atoms with Crippen molar-refractivity contribution < 1.29 is 0 Å². The van der Waals surface area contributed by atoms with E-state index in [1.165, 1.54) is 39.4 Å². The van der Waals surface area contributed by atoms with Gasteiger partial charge in [0, 0.05) is 9.75 Å². The second kappa shape index (κ2) is 4.25. The summed E-state index contributed by atoms with van der Waals surface area (Å²) in [4.78, 5) is 11.6. The highest BCUT2D eigenvalue weighted by atomic mass is 32.1. The molecular formula is C14H16N2S. The average Bonchev–Trinajstić information content (AvgIpc) is 2.68. The van der Waals surface area contributed by atoms with E-state index in [0.717, 1.165) is 12.8 Å². The van der Waals surface area contributed by atoms with E-state index < -0.39 is 0 Å². The van der Waals surface area contributed by atoms with Gasteiger partial charge in [0.05, 0.1) is 11.7 Å². The molecule has 0 aromatic carbocycles. The maximum Gasteiger partial charge on any atom is 0.110 e. The Bertz CT molecular complexity index is 545. The van der Waals surface area contributed by atoms with Gasteiger partial charge < -0.3 is 0 Å². The molecule has 88 valence electrons. The maximum absolute atomic E-state index is 4.49. The van der Waals surface area contributed by atoms with Crippen LogP contribution in [0.4, 0.5) is 0 Å². The van der Waals surface area contributed by atoms with E-state index in [2.05, 4.69) is 35.9 Å². The molecule has 2 nitrogen and oxygen atoms in total. The molecule has 0 fully saturated rings. The van der Waals surface area contributed by atoms with Gasteiger partial charge in [-0.3, -0.25) is 0 Å². The first-order chi connectivity index (χ1) is 8.25. The lowest BCUT2D eigenvalue weighted by molar-refractivity contribution is 0.614. The Morgan fingerprint density at radius 1 is 1.29 bits per heavy atom. The van der Waals surface area contributed by atoms with Gasteiger partial charge in [-0.05, 0) is 56.7 Å². The molecule has 0 saturated carbocycles. The number of thiophene rings is 1. The number of hydrogen-bond acceptors (Lipinski definition) is 3. The highest BCUT2D eigenvalue weighted by Gasteiger charge is 2.26. The third kappa shape index (κ3) is 1.90. The molecule has 0 N–H and O–H groups in total. The quantitative estimate of drug-likeness (QED) is 0.698. The predicted molar refractivity (Wildman–Crippen MR) is 71.9 cm³/mol. The van der Waals surface area contributed by atoms with Crippen LogP contribution in [-0.2, 0) is 0 Å². The predicted octanol–water partition coefficient (Wildman–Crippen LogP) is 4.42. The summed E-state index contributed by atoms with van der Waals surface area (Å²) in [5.41, 5.74) is 4.06. The summed E-state index contributed by atoms with van der Waals surface area (Å²) >= 11 is 1.86. The lowest BCUT2D eigenvalue weighted by Gasteiger charge is -2.23. The molecule has 1 aromatic rings. The Hall–Kier alpha value is -1.18. The number of nitrogens with zero attached hydrogens (tertiary/aromatic N) is 2. The zero-order valence-corrected chi connectivity index (χ0v) is 11.1. The monoisotopic (exact) mass is 244 g/mol. The second-order valence-corrected chi connectivity index (χ2v) is 6.25. The molecule has 3 rings (SSSR count). The van der Waals surface area contributed by atoms with Crippen molar-refractivity contribution in [3.63, 3.8) is 0 Å². The Morgan fingerprint density at radius 2 is 2.12 bits per heavy atom. The van der Waals surface area contributed by atoms with E-state index in [-0.39, 0.29) is 6.04 Å². The third-order valence-electron chi connectivity index (χ3n) is 3.56. The Kier molecular flexibility index (Phi) is 2.73. The van der Waals surface area contributed by atoms with Gasteiger partial charge in [-0.15, -0.1) is 11.3 Å². The van der Waals surface area contributed by atoms with Crippen molar-refractivity contribution in [1.29, 1.82) is 0 Å². The zero-order valence-electron chi connectivity index (χ0n) is 10.3. The number of aliphatic imine (C=N–C) groups is 2. The Morgan fingerprint density at radius 3 is 2.88 bits per heavy atom. The van der Waals surface area contributed by atoms with E-state index in [1.807, 2.05) is 11.3 Å². The molecule has 2 heterocycles. The topological polar surface area (TPSA) is 24.7 Å². The van der Waals surface area contributed by atoms with Gasteiger partial charge in [0.1, 0.15) is 6.04 Å². The van der Waals surface area contributed by atoms with Crippen LogP contribution in [0.15, 0.2) is 27.3 Å². The van der Waals surface area contributed by atoms with Crippen LogP contribution in [0, 0.1) is 13.8 Å². The Labute approximate surface area is 106 Å². The minimum absolute atomic E-state index is 0.202. The molecule has 0 saturated heterocycles. The first-order valence-corrected chi connectivity index (χ1v) is 7.02. The van der Waals surface area contributed by atoms with Crippen molar-refractivity contribution in [2.75, 3.05) is 0 Å². The molecule has 0 bridgehead atoms. The fourth-order valence-corrected chi connectivity index (χ4v) is 3.70. The summed E-state index contributed by atoms with van der Waals surface area (Å²) in [5.74, 6) is 0. The summed E-state index contributed by atoms with van der Waals surface area (Å²) in [5, 5.41) is 0. The highest BCUT2D eigenvalue weighted by molar-refractivity contribution is 7.12. The van der Waals surface area contributed by atoms with Crippen molar-refractivity contribution in [2.24, 2.45) is 9.98 Å².